The zero-order chi connectivity index (χ0) is 14.6. The Morgan fingerprint density at radius 2 is 1.75 bits per heavy atom. The molecule has 0 aliphatic carbocycles. The van der Waals surface area contributed by atoms with Crippen molar-refractivity contribution in [1.82, 2.24) is 4.31 Å². The maximum atomic E-state index is 12.1. The van der Waals surface area contributed by atoms with Crippen LogP contribution in [0.15, 0.2) is 29.7 Å². The second-order valence-corrected chi connectivity index (χ2v) is 7.03. The van der Waals surface area contributed by atoms with Crippen molar-refractivity contribution in [3.63, 3.8) is 0 Å². The predicted molar refractivity (Wildman–Crippen MR) is 79.8 cm³/mol. The summed E-state index contributed by atoms with van der Waals surface area (Å²) in [6, 6.07) is 6.94. The molecule has 1 aromatic carbocycles. The Balaban J connectivity index is 2.04. The molecule has 0 radical (unpaired) electrons. The molecule has 0 atom stereocenters. The molecular formula is C14H16ClNO3S. The van der Waals surface area contributed by atoms with Crippen molar-refractivity contribution in [2.45, 2.75) is 12.8 Å². The molecule has 0 N–H and O–H groups in total. The monoisotopic (exact) mass is 313 g/mol. The molecule has 1 aliphatic heterocycles. The van der Waals surface area contributed by atoms with E-state index < -0.39 is 10.0 Å². The number of aldehydes is 1. The van der Waals surface area contributed by atoms with E-state index in [1.165, 1.54) is 9.71 Å². The summed E-state index contributed by atoms with van der Waals surface area (Å²) in [5.74, 6) is -0.0123. The number of carbonyl (C=O) groups is 1. The van der Waals surface area contributed by atoms with E-state index in [4.69, 9.17) is 11.6 Å². The van der Waals surface area contributed by atoms with Gasteiger partial charge in [-0.1, -0.05) is 23.7 Å². The summed E-state index contributed by atoms with van der Waals surface area (Å²) in [7, 11) is -3.42. The SMILES string of the molecule is O=CC1CCN(S(=O)(=O)C=Cc2ccc(Cl)cc2)CC1. The normalized spacial score (nSPS) is 18.4. The molecule has 0 amide bonds. The molecule has 1 saturated heterocycles. The van der Waals surface area contributed by atoms with Crippen LogP contribution in [0.5, 0.6) is 0 Å². The summed E-state index contributed by atoms with van der Waals surface area (Å²) in [6.07, 6.45) is 3.65. The first-order valence-electron chi connectivity index (χ1n) is 6.40. The van der Waals surface area contributed by atoms with E-state index in [0.717, 1.165) is 11.8 Å². The van der Waals surface area contributed by atoms with Crippen LogP contribution in [-0.4, -0.2) is 32.1 Å². The maximum absolute atomic E-state index is 12.1. The van der Waals surface area contributed by atoms with E-state index in [2.05, 4.69) is 0 Å². The zero-order valence-electron chi connectivity index (χ0n) is 10.9. The van der Waals surface area contributed by atoms with E-state index in [1.54, 1.807) is 30.3 Å². The van der Waals surface area contributed by atoms with E-state index >= 15 is 0 Å². The van der Waals surface area contributed by atoms with Gasteiger partial charge in [0.25, 0.3) is 0 Å². The average molecular weight is 314 g/mol. The third-order valence-electron chi connectivity index (χ3n) is 3.35. The van der Waals surface area contributed by atoms with Crippen molar-refractivity contribution >= 4 is 34.0 Å². The molecule has 1 fully saturated rings. The van der Waals surface area contributed by atoms with Gasteiger partial charge in [-0.15, -0.1) is 0 Å². The average Bonchev–Trinajstić information content (AvgIpc) is 2.47. The standard InChI is InChI=1S/C14H16ClNO3S/c15-14-3-1-12(2-4-14)7-10-20(18,19)16-8-5-13(11-17)6-9-16/h1-4,7,10-11,13H,5-6,8-9H2. The van der Waals surface area contributed by atoms with Gasteiger partial charge in [-0.3, -0.25) is 0 Å². The molecule has 0 bridgehead atoms. The Labute approximate surface area is 124 Å². The van der Waals surface area contributed by atoms with Gasteiger partial charge in [0.05, 0.1) is 0 Å². The molecule has 0 aromatic heterocycles. The Kier molecular flexibility index (Phi) is 4.96. The second-order valence-electron chi connectivity index (χ2n) is 4.77. The van der Waals surface area contributed by atoms with Gasteiger partial charge in [0.1, 0.15) is 6.29 Å². The molecule has 6 heteroatoms. The maximum Gasteiger partial charge on any atom is 0.236 e. The van der Waals surface area contributed by atoms with Gasteiger partial charge in [0, 0.05) is 29.4 Å². The van der Waals surface area contributed by atoms with Gasteiger partial charge < -0.3 is 4.79 Å². The third-order valence-corrected chi connectivity index (χ3v) is 5.17. The van der Waals surface area contributed by atoms with Gasteiger partial charge in [-0.05, 0) is 36.6 Å². The van der Waals surface area contributed by atoms with Crippen LogP contribution in [0.1, 0.15) is 18.4 Å². The molecule has 0 spiro atoms. The number of sulfonamides is 1. The topological polar surface area (TPSA) is 54.5 Å². The molecule has 0 saturated carbocycles. The van der Waals surface area contributed by atoms with Gasteiger partial charge in [-0.2, -0.15) is 4.31 Å². The summed E-state index contributed by atoms with van der Waals surface area (Å²) in [4.78, 5) is 10.7. The van der Waals surface area contributed by atoms with Crippen LogP contribution in [0.25, 0.3) is 6.08 Å². The summed E-state index contributed by atoms with van der Waals surface area (Å²) >= 11 is 5.77. The number of carbonyl (C=O) groups excluding carboxylic acids is 1. The number of hydrogen-bond acceptors (Lipinski definition) is 3. The number of hydrogen-bond donors (Lipinski definition) is 0. The van der Waals surface area contributed by atoms with Gasteiger partial charge in [0.15, 0.2) is 0 Å². The zero-order valence-corrected chi connectivity index (χ0v) is 12.5. The minimum absolute atomic E-state index is 0.0123. The van der Waals surface area contributed by atoms with Crippen LogP contribution in [0.2, 0.25) is 5.02 Å². The van der Waals surface area contributed by atoms with Crippen LogP contribution >= 0.6 is 11.6 Å². The van der Waals surface area contributed by atoms with Crippen LogP contribution in [0.4, 0.5) is 0 Å². The fourth-order valence-electron chi connectivity index (χ4n) is 2.09. The van der Waals surface area contributed by atoms with Crippen molar-refractivity contribution in [3.8, 4) is 0 Å². The largest absolute Gasteiger partial charge is 0.303 e. The summed E-state index contributed by atoms with van der Waals surface area (Å²) < 4.78 is 25.7. The van der Waals surface area contributed by atoms with Crippen molar-refractivity contribution in [2.24, 2.45) is 5.92 Å². The lowest BCUT2D eigenvalue weighted by Gasteiger charge is -2.27. The highest BCUT2D eigenvalue weighted by Crippen LogP contribution is 2.19. The van der Waals surface area contributed by atoms with Crippen molar-refractivity contribution in [2.75, 3.05) is 13.1 Å². The Morgan fingerprint density at radius 1 is 1.15 bits per heavy atom. The number of halogens is 1. The second kappa shape index (κ2) is 6.52. The molecule has 4 nitrogen and oxygen atoms in total. The Hall–Kier alpha value is -1.17. The molecule has 108 valence electrons. The Bertz CT molecular complexity index is 587. The van der Waals surface area contributed by atoms with Gasteiger partial charge >= 0.3 is 0 Å². The lowest BCUT2D eigenvalue weighted by molar-refractivity contribution is -0.112. The quantitative estimate of drug-likeness (QED) is 0.803. The van der Waals surface area contributed by atoms with E-state index in [9.17, 15) is 13.2 Å². The predicted octanol–water partition coefficient (Wildman–Crippen LogP) is 2.55. The van der Waals surface area contributed by atoms with Gasteiger partial charge in [0.2, 0.25) is 10.0 Å². The van der Waals surface area contributed by atoms with Crippen LogP contribution in [-0.2, 0) is 14.8 Å². The number of piperidine rings is 1. The van der Waals surface area contributed by atoms with Crippen molar-refractivity contribution in [1.29, 1.82) is 0 Å². The van der Waals surface area contributed by atoms with Gasteiger partial charge in [-0.25, -0.2) is 8.42 Å². The van der Waals surface area contributed by atoms with E-state index in [-0.39, 0.29) is 5.92 Å². The minimum Gasteiger partial charge on any atom is -0.303 e. The molecule has 1 aromatic rings. The van der Waals surface area contributed by atoms with E-state index in [1.807, 2.05) is 0 Å². The minimum atomic E-state index is -3.42. The Morgan fingerprint density at radius 3 is 2.30 bits per heavy atom. The smallest absolute Gasteiger partial charge is 0.236 e. The molecule has 1 aliphatic rings. The number of benzene rings is 1. The molecule has 1 heterocycles. The third kappa shape index (κ3) is 3.91. The lowest BCUT2D eigenvalue weighted by atomic mass is 10.0. The number of rotatable bonds is 4. The molecular weight excluding hydrogens is 298 g/mol. The first-order chi connectivity index (χ1) is 9.51. The molecule has 0 unspecified atom stereocenters. The first kappa shape index (κ1) is 15.2. The van der Waals surface area contributed by atoms with Crippen LogP contribution in [0, 0.1) is 5.92 Å². The van der Waals surface area contributed by atoms with Crippen molar-refractivity contribution in [3.05, 3.63) is 40.3 Å². The van der Waals surface area contributed by atoms with Crippen LogP contribution < -0.4 is 0 Å². The molecule has 2 rings (SSSR count). The fourth-order valence-corrected chi connectivity index (χ4v) is 3.44. The van der Waals surface area contributed by atoms with E-state index in [0.29, 0.717) is 31.0 Å². The summed E-state index contributed by atoms with van der Waals surface area (Å²) in [5.41, 5.74) is 0.778. The summed E-state index contributed by atoms with van der Waals surface area (Å²) in [6.45, 7) is 0.799. The lowest BCUT2D eigenvalue weighted by Crippen LogP contribution is -2.37. The summed E-state index contributed by atoms with van der Waals surface area (Å²) in [5, 5.41) is 1.82. The first-order valence-corrected chi connectivity index (χ1v) is 8.28. The highest BCUT2D eigenvalue weighted by molar-refractivity contribution is 7.92. The number of nitrogens with zero attached hydrogens (tertiary/aromatic N) is 1. The molecule has 20 heavy (non-hydrogen) atoms. The fraction of sp³-hybridized carbons (Fsp3) is 0.357. The highest BCUT2D eigenvalue weighted by Gasteiger charge is 2.25. The van der Waals surface area contributed by atoms with Crippen LogP contribution in [0.3, 0.4) is 0 Å². The highest BCUT2D eigenvalue weighted by atomic mass is 35.5. The van der Waals surface area contributed by atoms with Crippen molar-refractivity contribution < 1.29 is 13.2 Å².